The molecule has 1 fully saturated rings. The topological polar surface area (TPSA) is 15.3 Å². The molecule has 0 amide bonds. The first kappa shape index (κ1) is 15.7. The Balaban J connectivity index is 2.14. The molecule has 3 heteroatoms. The number of nitrogens with one attached hydrogen (secondary N) is 1. The molecule has 0 heterocycles. The number of para-hydroxylation sites is 1. The predicted octanol–water partition coefficient (Wildman–Crippen LogP) is 4.46. The van der Waals surface area contributed by atoms with Gasteiger partial charge in [-0.1, -0.05) is 37.6 Å². The minimum absolute atomic E-state index is 0.495. The molecule has 0 aliphatic heterocycles. The number of rotatable bonds is 7. The molecule has 112 valence electrons. The maximum Gasteiger partial charge on any atom is 0.0642 e. The average Bonchev–Trinajstić information content (AvgIpc) is 3.18. The third-order valence-corrected chi connectivity index (χ3v) is 4.36. The summed E-state index contributed by atoms with van der Waals surface area (Å²) in [6.07, 6.45) is 3.81. The summed E-state index contributed by atoms with van der Waals surface area (Å²) in [6.45, 7) is 7.74. The van der Waals surface area contributed by atoms with E-state index in [9.17, 15) is 0 Å². The summed E-state index contributed by atoms with van der Waals surface area (Å²) in [7, 11) is 2.16. The summed E-state index contributed by atoms with van der Waals surface area (Å²) in [4.78, 5) is 2.34. The Hall–Kier alpha value is -0.730. The Morgan fingerprint density at radius 2 is 2.00 bits per heavy atom. The lowest BCUT2D eigenvalue weighted by Gasteiger charge is -2.31. The molecule has 1 aliphatic rings. The zero-order valence-electron chi connectivity index (χ0n) is 13.1. The molecule has 1 saturated carbocycles. The van der Waals surface area contributed by atoms with Gasteiger partial charge in [0.15, 0.2) is 0 Å². The molecule has 2 nitrogen and oxygen atoms in total. The Bertz CT molecular complexity index is 441. The molecule has 1 aromatic rings. The zero-order chi connectivity index (χ0) is 14.7. The van der Waals surface area contributed by atoms with Crippen molar-refractivity contribution in [2.75, 3.05) is 11.9 Å². The minimum Gasteiger partial charge on any atom is -0.370 e. The zero-order valence-corrected chi connectivity index (χ0v) is 13.9. The van der Waals surface area contributed by atoms with Crippen LogP contribution in [0.5, 0.6) is 0 Å². The van der Waals surface area contributed by atoms with Crippen LogP contribution in [-0.2, 0) is 6.54 Å². The van der Waals surface area contributed by atoms with Crippen molar-refractivity contribution in [3.8, 4) is 0 Å². The van der Waals surface area contributed by atoms with Gasteiger partial charge >= 0.3 is 0 Å². The highest BCUT2D eigenvalue weighted by Gasteiger charge is 2.22. The molecule has 0 saturated heterocycles. The Morgan fingerprint density at radius 3 is 2.60 bits per heavy atom. The van der Waals surface area contributed by atoms with Crippen molar-refractivity contribution in [2.24, 2.45) is 5.92 Å². The number of nitrogens with zero attached hydrogens (tertiary/aromatic N) is 1. The molecule has 1 aromatic carbocycles. The fraction of sp³-hybridized carbons (Fsp3) is 0.647. The van der Waals surface area contributed by atoms with Crippen molar-refractivity contribution >= 4 is 17.3 Å². The second kappa shape index (κ2) is 6.82. The minimum atomic E-state index is 0.495. The van der Waals surface area contributed by atoms with Crippen molar-refractivity contribution in [3.05, 3.63) is 28.8 Å². The molecule has 0 spiro atoms. The first-order chi connectivity index (χ1) is 9.49. The lowest BCUT2D eigenvalue weighted by atomic mass is 10.0. The molecule has 1 atom stereocenters. The molecular formula is C17H27ClN2. The van der Waals surface area contributed by atoms with E-state index >= 15 is 0 Å². The van der Waals surface area contributed by atoms with E-state index in [1.54, 1.807) is 0 Å². The van der Waals surface area contributed by atoms with Crippen LogP contribution in [0, 0.1) is 5.92 Å². The lowest BCUT2D eigenvalue weighted by molar-refractivity contribution is 0.503. The van der Waals surface area contributed by atoms with Gasteiger partial charge in [-0.05, 0) is 43.7 Å². The van der Waals surface area contributed by atoms with Gasteiger partial charge in [0, 0.05) is 25.7 Å². The van der Waals surface area contributed by atoms with Crippen molar-refractivity contribution in [1.82, 2.24) is 5.32 Å². The number of benzene rings is 1. The number of hydrogen-bond donors (Lipinski definition) is 1. The van der Waals surface area contributed by atoms with Gasteiger partial charge in [-0.15, -0.1) is 0 Å². The van der Waals surface area contributed by atoms with Crippen LogP contribution in [0.2, 0.25) is 5.02 Å². The van der Waals surface area contributed by atoms with Gasteiger partial charge < -0.3 is 10.2 Å². The van der Waals surface area contributed by atoms with E-state index < -0.39 is 0 Å². The van der Waals surface area contributed by atoms with Crippen molar-refractivity contribution in [1.29, 1.82) is 0 Å². The van der Waals surface area contributed by atoms with E-state index in [1.165, 1.54) is 30.5 Å². The third kappa shape index (κ3) is 4.13. The second-order valence-electron chi connectivity index (χ2n) is 6.49. The van der Waals surface area contributed by atoms with Gasteiger partial charge in [-0.25, -0.2) is 0 Å². The van der Waals surface area contributed by atoms with Crippen molar-refractivity contribution < 1.29 is 0 Å². The van der Waals surface area contributed by atoms with Crippen LogP contribution in [-0.4, -0.2) is 19.1 Å². The summed E-state index contributed by atoms with van der Waals surface area (Å²) in [5.41, 5.74) is 2.50. The lowest BCUT2D eigenvalue weighted by Crippen LogP contribution is -2.31. The standard InChI is InChI=1S/C17H27ClN2/c1-12(2)10-13(3)20(4)17-14(6-5-7-16(17)18)11-19-15-8-9-15/h5-7,12-13,15,19H,8-11H2,1-4H3. The molecular weight excluding hydrogens is 268 g/mol. The van der Waals surface area contributed by atoms with Gasteiger partial charge in [0.05, 0.1) is 10.7 Å². The summed E-state index contributed by atoms with van der Waals surface area (Å²) < 4.78 is 0. The fourth-order valence-corrected chi connectivity index (χ4v) is 3.03. The third-order valence-electron chi connectivity index (χ3n) is 4.06. The first-order valence-electron chi connectivity index (χ1n) is 7.72. The Kier molecular flexibility index (Phi) is 5.34. The molecule has 0 aromatic heterocycles. The van der Waals surface area contributed by atoms with Crippen molar-refractivity contribution in [2.45, 2.75) is 58.7 Å². The quantitative estimate of drug-likeness (QED) is 0.798. The summed E-state index contributed by atoms with van der Waals surface area (Å²) >= 11 is 6.47. The largest absolute Gasteiger partial charge is 0.370 e. The van der Waals surface area contributed by atoms with Crippen LogP contribution in [0.3, 0.4) is 0 Å². The van der Waals surface area contributed by atoms with E-state index in [4.69, 9.17) is 11.6 Å². The average molecular weight is 295 g/mol. The van der Waals surface area contributed by atoms with Gasteiger partial charge in [-0.2, -0.15) is 0 Å². The van der Waals surface area contributed by atoms with E-state index in [0.717, 1.165) is 17.6 Å². The summed E-state index contributed by atoms with van der Waals surface area (Å²) in [5.74, 6) is 0.697. The maximum atomic E-state index is 6.47. The predicted molar refractivity (Wildman–Crippen MR) is 88.6 cm³/mol. The van der Waals surface area contributed by atoms with Crippen LogP contribution in [0.25, 0.3) is 0 Å². The smallest absolute Gasteiger partial charge is 0.0642 e. The maximum absolute atomic E-state index is 6.47. The van der Waals surface area contributed by atoms with Crippen LogP contribution in [0.15, 0.2) is 18.2 Å². The first-order valence-corrected chi connectivity index (χ1v) is 8.10. The SMILES string of the molecule is CC(C)CC(C)N(C)c1c(Cl)cccc1CNC1CC1. The van der Waals surface area contributed by atoms with E-state index in [1.807, 2.05) is 6.07 Å². The molecule has 0 radical (unpaired) electrons. The van der Waals surface area contributed by atoms with E-state index in [-0.39, 0.29) is 0 Å². The molecule has 1 aliphatic carbocycles. The van der Waals surface area contributed by atoms with Crippen LogP contribution in [0.4, 0.5) is 5.69 Å². The highest BCUT2D eigenvalue weighted by molar-refractivity contribution is 6.33. The van der Waals surface area contributed by atoms with Gasteiger partial charge in [0.1, 0.15) is 0 Å². The van der Waals surface area contributed by atoms with E-state index in [0.29, 0.717) is 12.0 Å². The van der Waals surface area contributed by atoms with Crippen LogP contribution in [0.1, 0.15) is 45.6 Å². The van der Waals surface area contributed by atoms with E-state index in [2.05, 4.69) is 50.2 Å². The molecule has 2 rings (SSSR count). The fourth-order valence-electron chi connectivity index (χ4n) is 2.70. The number of anilines is 1. The van der Waals surface area contributed by atoms with Gasteiger partial charge in [-0.3, -0.25) is 0 Å². The highest BCUT2D eigenvalue weighted by Crippen LogP contribution is 2.32. The monoisotopic (exact) mass is 294 g/mol. The van der Waals surface area contributed by atoms with Crippen molar-refractivity contribution in [3.63, 3.8) is 0 Å². The highest BCUT2D eigenvalue weighted by atomic mass is 35.5. The normalized spacial score (nSPS) is 16.5. The number of hydrogen-bond acceptors (Lipinski definition) is 2. The number of halogens is 1. The molecule has 20 heavy (non-hydrogen) atoms. The summed E-state index contributed by atoms with van der Waals surface area (Å²) in [5, 5.41) is 4.45. The molecule has 0 bridgehead atoms. The molecule has 1 N–H and O–H groups in total. The second-order valence-corrected chi connectivity index (χ2v) is 6.90. The van der Waals surface area contributed by atoms with Crippen LogP contribution < -0.4 is 10.2 Å². The van der Waals surface area contributed by atoms with Gasteiger partial charge in [0.2, 0.25) is 0 Å². The molecule has 1 unspecified atom stereocenters. The summed E-state index contributed by atoms with van der Waals surface area (Å²) in [6, 6.07) is 7.46. The Labute approximate surface area is 128 Å². The van der Waals surface area contributed by atoms with Crippen LogP contribution >= 0.6 is 11.6 Å². The Morgan fingerprint density at radius 1 is 1.30 bits per heavy atom. The van der Waals surface area contributed by atoms with Gasteiger partial charge in [0.25, 0.3) is 0 Å².